The van der Waals surface area contributed by atoms with Gasteiger partial charge in [0.15, 0.2) is 0 Å². The maximum absolute atomic E-state index is 5.45. The molecule has 0 saturated heterocycles. The van der Waals surface area contributed by atoms with Gasteiger partial charge < -0.3 is 4.52 Å². The first kappa shape index (κ1) is 14.0. The molecule has 0 aromatic carbocycles. The number of fused-ring (bicyclic) bond motifs is 4. The largest absolute Gasteiger partial charge is 0.361 e. The minimum absolute atomic E-state index is 0.0599. The van der Waals surface area contributed by atoms with Crippen molar-refractivity contribution >= 4 is 0 Å². The van der Waals surface area contributed by atoms with Gasteiger partial charge in [0.2, 0.25) is 0 Å². The molecular weight excluding hydrogens is 302 g/mol. The number of aromatic nitrogens is 5. The first-order valence-corrected chi connectivity index (χ1v) is 8.56. The number of nitrogens with zero attached hydrogens (tertiary/aromatic N) is 5. The van der Waals surface area contributed by atoms with E-state index in [1.807, 2.05) is 24.1 Å². The van der Waals surface area contributed by atoms with Gasteiger partial charge in [0, 0.05) is 36.3 Å². The van der Waals surface area contributed by atoms with Crippen molar-refractivity contribution in [3.05, 3.63) is 47.1 Å². The molecule has 2 aliphatic rings. The summed E-state index contributed by atoms with van der Waals surface area (Å²) in [6.07, 6.45) is 10.0. The lowest BCUT2D eigenvalue weighted by Crippen LogP contribution is -2.43. The Morgan fingerprint density at radius 3 is 3.00 bits per heavy atom. The molecule has 2 atom stereocenters. The summed E-state index contributed by atoms with van der Waals surface area (Å²) in [5.41, 5.74) is 5.01. The second kappa shape index (κ2) is 4.59. The Labute approximate surface area is 140 Å². The zero-order valence-electron chi connectivity index (χ0n) is 14.3. The van der Waals surface area contributed by atoms with E-state index in [4.69, 9.17) is 9.51 Å². The topological polar surface area (TPSA) is 61.7 Å². The fraction of sp³-hybridized carbons (Fsp3) is 0.500. The highest BCUT2D eigenvalue weighted by atomic mass is 16.5. The van der Waals surface area contributed by atoms with Gasteiger partial charge in [-0.25, -0.2) is 4.98 Å². The van der Waals surface area contributed by atoms with E-state index in [0.29, 0.717) is 5.92 Å². The van der Waals surface area contributed by atoms with E-state index in [1.54, 1.807) is 0 Å². The first-order valence-electron chi connectivity index (χ1n) is 8.56. The molecule has 2 unspecified atom stereocenters. The Morgan fingerprint density at radius 2 is 2.21 bits per heavy atom. The molecule has 3 aromatic heterocycles. The Morgan fingerprint density at radius 1 is 1.33 bits per heavy atom. The normalized spacial score (nSPS) is 25.2. The summed E-state index contributed by atoms with van der Waals surface area (Å²) in [6, 6.07) is 0. The van der Waals surface area contributed by atoms with Gasteiger partial charge in [0.25, 0.3) is 0 Å². The maximum Gasteiger partial charge on any atom is 0.140 e. The molecule has 6 nitrogen and oxygen atoms in total. The lowest BCUT2D eigenvalue weighted by Gasteiger charge is -2.43. The molecule has 0 aliphatic heterocycles. The van der Waals surface area contributed by atoms with Crippen LogP contribution in [0.1, 0.15) is 41.9 Å². The standard InChI is InChI=1S/C18H21N5O/c1-11-21-17-15(23(11)14-9-19-22(3)10-14)5-4-13-6-16-12(8-20-24-16)7-18(13,17)2/h8-10,13H,4-7H2,1-3H3. The summed E-state index contributed by atoms with van der Waals surface area (Å²) in [6.45, 7) is 4.46. The van der Waals surface area contributed by atoms with Crippen molar-refractivity contribution in [1.82, 2.24) is 24.5 Å². The molecular formula is C18H21N5O. The van der Waals surface area contributed by atoms with Crippen LogP contribution < -0.4 is 0 Å². The number of hydrogen-bond donors (Lipinski definition) is 0. The molecule has 0 amide bonds. The van der Waals surface area contributed by atoms with Crippen molar-refractivity contribution in [2.75, 3.05) is 0 Å². The van der Waals surface area contributed by atoms with Crippen LogP contribution in [0.4, 0.5) is 0 Å². The molecule has 3 heterocycles. The summed E-state index contributed by atoms with van der Waals surface area (Å²) < 4.78 is 9.58. The van der Waals surface area contributed by atoms with Crippen LogP contribution in [0.25, 0.3) is 5.69 Å². The maximum atomic E-state index is 5.45. The van der Waals surface area contributed by atoms with Gasteiger partial charge in [-0.15, -0.1) is 0 Å². The van der Waals surface area contributed by atoms with E-state index in [-0.39, 0.29) is 5.41 Å². The zero-order valence-corrected chi connectivity index (χ0v) is 14.3. The number of hydrogen-bond acceptors (Lipinski definition) is 4. The quantitative estimate of drug-likeness (QED) is 0.690. The Hall–Kier alpha value is -2.37. The van der Waals surface area contributed by atoms with Crippen LogP contribution in [0, 0.1) is 12.8 Å². The molecule has 2 aliphatic carbocycles. The Bertz CT molecular complexity index is 933. The SMILES string of the molecule is Cc1nc2c(n1-c1cnn(C)c1)CCC1Cc3oncc3CC21C. The molecule has 24 heavy (non-hydrogen) atoms. The van der Waals surface area contributed by atoms with Crippen molar-refractivity contribution in [3.63, 3.8) is 0 Å². The van der Waals surface area contributed by atoms with Gasteiger partial charge in [0.05, 0.1) is 23.8 Å². The Balaban J connectivity index is 1.67. The lowest BCUT2D eigenvalue weighted by atomic mass is 9.61. The summed E-state index contributed by atoms with van der Waals surface area (Å²) in [5.74, 6) is 2.69. The molecule has 0 spiro atoms. The van der Waals surface area contributed by atoms with Crippen LogP contribution in [0.15, 0.2) is 23.1 Å². The molecule has 0 radical (unpaired) electrons. The van der Waals surface area contributed by atoms with Gasteiger partial charge in [-0.3, -0.25) is 9.25 Å². The third-order valence-corrected chi connectivity index (χ3v) is 5.98. The summed E-state index contributed by atoms with van der Waals surface area (Å²) >= 11 is 0. The second-order valence-electron chi connectivity index (χ2n) is 7.47. The molecule has 0 bridgehead atoms. The van der Waals surface area contributed by atoms with Gasteiger partial charge in [0.1, 0.15) is 11.6 Å². The monoisotopic (exact) mass is 323 g/mol. The van der Waals surface area contributed by atoms with Crippen LogP contribution in [-0.2, 0) is 31.7 Å². The third kappa shape index (κ3) is 1.74. The average molecular weight is 323 g/mol. The minimum Gasteiger partial charge on any atom is -0.361 e. The van der Waals surface area contributed by atoms with Crippen molar-refractivity contribution in [2.24, 2.45) is 13.0 Å². The van der Waals surface area contributed by atoms with Crippen LogP contribution in [-0.4, -0.2) is 24.5 Å². The number of rotatable bonds is 1. The van der Waals surface area contributed by atoms with E-state index in [0.717, 1.165) is 43.0 Å². The third-order valence-electron chi connectivity index (χ3n) is 5.98. The van der Waals surface area contributed by atoms with E-state index in [2.05, 4.69) is 34.9 Å². The average Bonchev–Trinajstić information content (AvgIpc) is 3.23. The fourth-order valence-electron chi connectivity index (χ4n) is 4.73. The molecule has 0 N–H and O–H groups in total. The van der Waals surface area contributed by atoms with Crippen LogP contribution in [0.5, 0.6) is 0 Å². The predicted octanol–water partition coefficient (Wildman–Crippen LogP) is 2.52. The van der Waals surface area contributed by atoms with E-state index >= 15 is 0 Å². The van der Waals surface area contributed by atoms with Crippen LogP contribution in [0.3, 0.4) is 0 Å². The predicted molar refractivity (Wildman–Crippen MR) is 88.1 cm³/mol. The number of aryl methyl sites for hydroxylation is 2. The van der Waals surface area contributed by atoms with Crippen LogP contribution in [0.2, 0.25) is 0 Å². The van der Waals surface area contributed by atoms with E-state index in [1.165, 1.54) is 17.0 Å². The Kier molecular flexibility index (Phi) is 2.68. The minimum atomic E-state index is 0.0599. The smallest absolute Gasteiger partial charge is 0.140 e. The molecule has 124 valence electrons. The molecule has 3 aromatic rings. The van der Waals surface area contributed by atoms with Crippen molar-refractivity contribution in [1.29, 1.82) is 0 Å². The van der Waals surface area contributed by atoms with Gasteiger partial charge in [-0.05, 0) is 32.1 Å². The summed E-state index contributed by atoms with van der Waals surface area (Å²) in [5, 5.41) is 8.34. The summed E-state index contributed by atoms with van der Waals surface area (Å²) in [4.78, 5) is 5.03. The molecule has 5 rings (SSSR count). The molecule has 6 heteroatoms. The van der Waals surface area contributed by atoms with Gasteiger partial charge in [-0.1, -0.05) is 12.1 Å². The fourth-order valence-corrected chi connectivity index (χ4v) is 4.73. The van der Waals surface area contributed by atoms with Gasteiger partial charge >= 0.3 is 0 Å². The van der Waals surface area contributed by atoms with Crippen LogP contribution >= 0.6 is 0 Å². The highest BCUT2D eigenvalue weighted by molar-refractivity contribution is 5.41. The van der Waals surface area contributed by atoms with E-state index < -0.39 is 0 Å². The first-order chi connectivity index (χ1) is 11.6. The highest BCUT2D eigenvalue weighted by Crippen LogP contribution is 2.48. The summed E-state index contributed by atoms with van der Waals surface area (Å²) in [7, 11) is 1.95. The van der Waals surface area contributed by atoms with Crippen molar-refractivity contribution in [2.45, 2.75) is 44.9 Å². The molecule has 0 fully saturated rings. The van der Waals surface area contributed by atoms with Crippen molar-refractivity contribution < 1.29 is 4.52 Å². The molecule has 0 saturated carbocycles. The number of imidazole rings is 1. The zero-order chi connectivity index (χ0) is 16.5. The van der Waals surface area contributed by atoms with Crippen molar-refractivity contribution in [3.8, 4) is 5.69 Å². The highest BCUT2D eigenvalue weighted by Gasteiger charge is 2.47. The second-order valence-corrected chi connectivity index (χ2v) is 7.47. The van der Waals surface area contributed by atoms with Gasteiger partial charge in [-0.2, -0.15) is 5.10 Å². The lowest BCUT2D eigenvalue weighted by molar-refractivity contribution is 0.206. The van der Waals surface area contributed by atoms with E-state index in [9.17, 15) is 0 Å².